The van der Waals surface area contributed by atoms with Crippen molar-refractivity contribution in [3.8, 4) is 11.5 Å². The van der Waals surface area contributed by atoms with E-state index in [4.69, 9.17) is 5.73 Å². The van der Waals surface area contributed by atoms with Gasteiger partial charge in [0.1, 0.15) is 5.69 Å². The zero-order valence-corrected chi connectivity index (χ0v) is 8.70. The average molecular weight is 214 g/mol. The van der Waals surface area contributed by atoms with E-state index in [0.29, 0.717) is 11.5 Å². The second kappa shape index (κ2) is 3.06. The molecule has 0 spiro atoms. The Hall–Kier alpha value is -2.37. The van der Waals surface area contributed by atoms with Gasteiger partial charge >= 0.3 is 0 Å². The van der Waals surface area contributed by atoms with Gasteiger partial charge in [0.25, 0.3) is 0 Å². The van der Waals surface area contributed by atoms with Crippen LogP contribution in [-0.2, 0) is 7.05 Å². The van der Waals surface area contributed by atoms with Gasteiger partial charge in [0.2, 0.25) is 0 Å². The normalized spacial score (nSPS) is 11.1. The highest BCUT2D eigenvalue weighted by molar-refractivity contribution is 5.55. The van der Waals surface area contributed by atoms with E-state index >= 15 is 0 Å². The molecule has 3 aromatic rings. The molecule has 0 saturated carbocycles. The Balaban J connectivity index is 2.23. The summed E-state index contributed by atoms with van der Waals surface area (Å²) in [7, 11) is 1.86. The number of hydrogen-bond acceptors (Lipinski definition) is 4. The van der Waals surface area contributed by atoms with Gasteiger partial charge in [-0.1, -0.05) is 0 Å². The number of fused-ring (bicyclic) bond motifs is 1. The molecule has 0 aromatic carbocycles. The van der Waals surface area contributed by atoms with Gasteiger partial charge in [-0.2, -0.15) is 5.10 Å². The lowest BCUT2D eigenvalue weighted by atomic mass is 10.4. The van der Waals surface area contributed by atoms with Crippen LogP contribution in [0.25, 0.3) is 17.2 Å². The fourth-order valence-electron chi connectivity index (χ4n) is 1.60. The average Bonchev–Trinajstić information content (AvgIpc) is 2.82. The molecule has 16 heavy (non-hydrogen) atoms. The van der Waals surface area contributed by atoms with E-state index in [9.17, 15) is 0 Å². The van der Waals surface area contributed by atoms with E-state index in [2.05, 4.69) is 15.2 Å². The molecule has 80 valence electrons. The number of rotatable bonds is 1. The number of aromatic nitrogens is 5. The number of nitrogens with zero attached hydrogens (tertiary/aromatic N) is 5. The van der Waals surface area contributed by atoms with Gasteiger partial charge in [0.05, 0.1) is 11.9 Å². The van der Waals surface area contributed by atoms with E-state index < -0.39 is 0 Å². The minimum atomic E-state index is 0.644. The standard InChI is InChI=1S/C10H10N6/c1-15-8(4-5-12-15)10-13-9-3-2-7(11)6-16(9)14-10/h2-6H,11H2,1H3. The van der Waals surface area contributed by atoms with Crippen LogP contribution < -0.4 is 5.73 Å². The second-order valence-corrected chi connectivity index (χ2v) is 3.54. The van der Waals surface area contributed by atoms with Crippen LogP contribution in [0.5, 0.6) is 0 Å². The van der Waals surface area contributed by atoms with E-state index in [-0.39, 0.29) is 0 Å². The van der Waals surface area contributed by atoms with Crippen molar-refractivity contribution in [1.29, 1.82) is 0 Å². The smallest absolute Gasteiger partial charge is 0.200 e. The topological polar surface area (TPSA) is 74.0 Å². The van der Waals surface area contributed by atoms with Crippen LogP contribution in [0.1, 0.15) is 0 Å². The first kappa shape index (κ1) is 8.90. The molecule has 0 unspecified atom stereocenters. The van der Waals surface area contributed by atoms with Crippen molar-refractivity contribution in [2.24, 2.45) is 7.05 Å². The number of nitrogens with two attached hydrogens (primary N) is 1. The molecular formula is C10H10N6. The number of anilines is 1. The zero-order valence-electron chi connectivity index (χ0n) is 8.70. The van der Waals surface area contributed by atoms with Crippen molar-refractivity contribution in [3.63, 3.8) is 0 Å². The van der Waals surface area contributed by atoms with Gasteiger partial charge in [0, 0.05) is 13.2 Å². The van der Waals surface area contributed by atoms with Gasteiger partial charge in [-0.3, -0.25) is 4.68 Å². The van der Waals surface area contributed by atoms with E-state index in [1.807, 2.05) is 19.2 Å². The number of hydrogen-bond donors (Lipinski definition) is 1. The van der Waals surface area contributed by atoms with Crippen LogP contribution in [0.4, 0.5) is 5.69 Å². The van der Waals surface area contributed by atoms with Crippen LogP contribution in [-0.4, -0.2) is 24.4 Å². The zero-order chi connectivity index (χ0) is 11.1. The summed E-state index contributed by atoms with van der Waals surface area (Å²) in [4.78, 5) is 4.39. The maximum atomic E-state index is 5.68. The summed E-state index contributed by atoms with van der Waals surface area (Å²) in [6, 6.07) is 5.51. The first-order valence-electron chi connectivity index (χ1n) is 4.84. The summed E-state index contributed by atoms with van der Waals surface area (Å²) < 4.78 is 3.40. The van der Waals surface area contributed by atoms with Gasteiger partial charge in [-0.25, -0.2) is 9.50 Å². The Morgan fingerprint density at radius 2 is 2.12 bits per heavy atom. The lowest BCUT2D eigenvalue weighted by molar-refractivity contribution is 0.769. The number of pyridine rings is 1. The first-order valence-corrected chi connectivity index (χ1v) is 4.84. The highest BCUT2D eigenvalue weighted by Crippen LogP contribution is 2.15. The fourth-order valence-corrected chi connectivity index (χ4v) is 1.60. The molecule has 0 amide bonds. The molecule has 3 rings (SSSR count). The Kier molecular flexibility index (Phi) is 1.70. The molecule has 6 heteroatoms. The third-order valence-electron chi connectivity index (χ3n) is 2.40. The van der Waals surface area contributed by atoms with Gasteiger partial charge in [0.15, 0.2) is 11.5 Å². The summed E-state index contributed by atoms with van der Waals surface area (Å²) >= 11 is 0. The van der Waals surface area contributed by atoms with Crippen molar-refractivity contribution in [2.45, 2.75) is 0 Å². The fraction of sp³-hybridized carbons (Fsp3) is 0.100. The van der Waals surface area contributed by atoms with Crippen molar-refractivity contribution in [2.75, 3.05) is 5.73 Å². The van der Waals surface area contributed by atoms with Crippen LogP contribution >= 0.6 is 0 Å². The molecule has 0 aliphatic carbocycles. The number of aryl methyl sites for hydroxylation is 1. The van der Waals surface area contributed by atoms with Crippen molar-refractivity contribution in [1.82, 2.24) is 24.4 Å². The van der Waals surface area contributed by atoms with E-state index in [1.54, 1.807) is 27.7 Å². The molecular weight excluding hydrogens is 204 g/mol. The molecule has 0 saturated heterocycles. The van der Waals surface area contributed by atoms with Crippen LogP contribution in [0, 0.1) is 0 Å². The predicted molar refractivity (Wildman–Crippen MR) is 59.6 cm³/mol. The molecule has 6 nitrogen and oxygen atoms in total. The minimum Gasteiger partial charge on any atom is -0.397 e. The Labute approximate surface area is 91.3 Å². The maximum absolute atomic E-state index is 5.68. The van der Waals surface area contributed by atoms with E-state index in [1.165, 1.54) is 0 Å². The summed E-state index contributed by atoms with van der Waals surface area (Å²) in [6.07, 6.45) is 3.46. The van der Waals surface area contributed by atoms with Crippen molar-refractivity contribution >= 4 is 11.3 Å². The van der Waals surface area contributed by atoms with Gasteiger partial charge < -0.3 is 5.73 Å². The van der Waals surface area contributed by atoms with Crippen LogP contribution in [0.3, 0.4) is 0 Å². The Morgan fingerprint density at radius 1 is 1.25 bits per heavy atom. The number of nitrogen functional groups attached to an aromatic ring is 1. The quantitative estimate of drug-likeness (QED) is 0.647. The molecule has 0 aliphatic heterocycles. The summed E-state index contributed by atoms with van der Waals surface area (Å²) in [5.41, 5.74) is 7.98. The predicted octanol–water partition coefficient (Wildman–Crippen LogP) is 0.712. The van der Waals surface area contributed by atoms with Crippen molar-refractivity contribution in [3.05, 3.63) is 30.6 Å². The highest BCUT2D eigenvalue weighted by Gasteiger charge is 2.09. The monoisotopic (exact) mass is 214 g/mol. The summed E-state index contributed by atoms with van der Waals surface area (Å²) in [5, 5.41) is 8.43. The van der Waals surface area contributed by atoms with Crippen LogP contribution in [0.2, 0.25) is 0 Å². The lowest BCUT2D eigenvalue weighted by Gasteiger charge is -1.93. The first-order chi connectivity index (χ1) is 7.74. The molecule has 0 fully saturated rings. The molecule has 0 aliphatic rings. The molecule has 3 aromatic heterocycles. The summed E-state index contributed by atoms with van der Waals surface area (Å²) in [5.74, 6) is 0.644. The SMILES string of the molecule is Cn1nccc1-c1nc2ccc(N)cn2n1. The highest BCUT2D eigenvalue weighted by atomic mass is 15.3. The maximum Gasteiger partial charge on any atom is 0.200 e. The van der Waals surface area contributed by atoms with Crippen molar-refractivity contribution < 1.29 is 0 Å². The van der Waals surface area contributed by atoms with Crippen LogP contribution in [0.15, 0.2) is 30.6 Å². The second-order valence-electron chi connectivity index (χ2n) is 3.54. The van der Waals surface area contributed by atoms with Gasteiger partial charge in [-0.15, -0.1) is 5.10 Å². The third-order valence-corrected chi connectivity index (χ3v) is 2.40. The molecule has 0 bridgehead atoms. The summed E-state index contributed by atoms with van der Waals surface area (Å²) in [6.45, 7) is 0. The Morgan fingerprint density at radius 3 is 2.88 bits per heavy atom. The van der Waals surface area contributed by atoms with E-state index in [0.717, 1.165) is 11.3 Å². The third kappa shape index (κ3) is 1.23. The van der Waals surface area contributed by atoms with Gasteiger partial charge in [-0.05, 0) is 18.2 Å². The Bertz CT molecular complexity index is 650. The minimum absolute atomic E-state index is 0.644. The molecule has 3 heterocycles. The molecule has 0 atom stereocenters. The largest absolute Gasteiger partial charge is 0.397 e. The molecule has 0 radical (unpaired) electrons. The lowest BCUT2D eigenvalue weighted by Crippen LogP contribution is -1.95. The molecule has 2 N–H and O–H groups in total.